The van der Waals surface area contributed by atoms with Crippen molar-refractivity contribution in [1.29, 1.82) is 5.26 Å². The van der Waals surface area contributed by atoms with Gasteiger partial charge in [-0.3, -0.25) is 15.3 Å². The molecule has 3 heterocycles. The lowest BCUT2D eigenvalue weighted by Crippen LogP contribution is -2.20. The molecule has 150 valence electrons. The molecule has 0 radical (unpaired) electrons. The molecule has 4 rings (SSSR count). The van der Waals surface area contributed by atoms with Crippen molar-refractivity contribution in [2.75, 3.05) is 17.2 Å². The molecule has 8 heteroatoms. The first kappa shape index (κ1) is 19.3. The number of hydrogen-bond donors (Lipinski definition) is 2. The summed E-state index contributed by atoms with van der Waals surface area (Å²) in [5.41, 5.74) is 4.13. The number of anilines is 2. The molecular formula is C22H21N7O. The zero-order valence-electron chi connectivity index (χ0n) is 16.5. The number of nitrogens with zero attached hydrogens (tertiary/aromatic N) is 5. The van der Waals surface area contributed by atoms with Crippen molar-refractivity contribution >= 4 is 17.5 Å². The van der Waals surface area contributed by atoms with E-state index in [1.807, 2.05) is 42.2 Å². The molecule has 2 aromatic heterocycles. The van der Waals surface area contributed by atoms with Crippen LogP contribution in [0.2, 0.25) is 0 Å². The molecule has 1 atom stereocenters. The Morgan fingerprint density at radius 3 is 2.70 bits per heavy atom. The largest absolute Gasteiger partial charge is 0.324 e. The molecule has 1 saturated heterocycles. The molecule has 0 spiro atoms. The summed E-state index contributed by atoms with van der Waals surface area (Å²) in [6, 6.07) is 11.3. The maximum Gasteiger partial charge on any atom is 0.324 e. The molecular weight excluding hydrogens is 378 g/mol. The van der Waals surface area contributed by atoms with Gasteiger partial charge in [0.25, 0.3) is 0 Å². The van der Waals surface area contributed by atoms with Crippen LogP contribution in [-0.4, -0.2) is 32.4 Å². The first-order valence-corrected chi connectivity index (χ1v) is 9.72. The van der Waals surface area contributed by atoms with Crippen molar-refractivity contribution in [3.8, 4) is 17.5 Å². The van der Waals surface area contributed by atoms with Crippen LogP contribution in [0.5, 0.6) is 0 Å². The third kappa shape index (κ3) is 4.36. The van der Waals surface area contributed by atoms with Crippen molar-refractivity contribution in [3.63, 3.8) is 0 Å². The topological polar surface area (TPSA) is 107 Å². The Kier molecular flexibility index (Phi) is 5.52. The maximum absolute atomic E-state index is 12.2. The van der Waals surface area contributed by atoms with E-state index in [2.05, 4.69) is 31.8 Å². The fraction of sp³-hybridized carbons (Fsp3) is 0.227. The Balaban J connectivity index is 1.44. The third-order valence-electron chi connectivity index (χ3n) is 5.02. The summed E-state index contributed by atoms with van der Waals surface area (Å²) in [5, 5.41) is 14.7. The quantitative estimate of drug-likeness (QED) is 0.640. The second kappa shape index (κ2) is 8.57. The number of carbonyl (C=O) groups excluding carboxylic acids is 1. The van der Waals surface area contributed by atoms with Crippen molar-refractivity contribution in [1.82, 2.24) is 19.9 Å². The van der Waals surface area contributed by atoms with Gasteiger partial charge in [-0.25, -0.2) is 9.78 Å². The smallest absolute Gasteiger partial charge is 0.306 e. The number of aryl methyl sites for hydroxylation is 1. The van der Waals surface area contributed by atoms with E-state index in [1.54, 1.807) is 18.5 Å². The Hall–Kier alpha value is -3.99. The van der Waals surface area contributed by atoms with Gasteiger partial charge in [-0.1, -0.05) is 24.3 Å². The van der Waals surface area contributed by atoms with Crippen LogP contribution in [0.25, 0.3) is 11.3 Å². The van der Waals surface area contributed by atoms with Gasteiger partial charge in [-0.05, 0) is 37.5 Å². The van der Waals surface area contributed by atoms with E-state index in [4.69, 9.17) is 0 Å². The molecule has 8 nitrogen and oxygen atoms in total. The molecule has 1 aliphatic rings. The van der Waals surface area contributed by atoms with Gasteiger partial charge < -0.3 is 10.2 Å². The van der Waals surface area contributed by atoms with Crippen molar-refractivity contribution in [3.05, 3.63) is 66.2 Å². The molecule has 1 aliphatic heterocycles. The zero-order chi connectivity index (χ0) is 20.9. The second-order valence-electron chi connectivity index (χ2n) is 7.13. The summed E-state index contributed by atoms with van der Waals surface area (Å²) >= 11 is 0. The van der Waals surface area contributed by atoms with Gasteiger partial charge in [0, 0.05) is 17.8 Å². The summed E-state index contributed by atoms with van der Waals surface area (Å²) in [4.78, 5) is 26.9. The normalized spacial score (nSPS) is 15.5. The summed E-state index contributed by atoms with van der Waals surface area (Å²) in [6.07, 6.45) is 9.02. The minimum absolute atomic E-state index is 0.142. The van der Waals surface area contributed by atoms with Crippen molar-refractivity contribution in [2.45, 2.75) is 25.8 Å². The number of benzene rings is 1. The highest BCUT2D eigenvalue weighted by Crippen LogP contribution is 2.32. The number of amides is 2. The highest BCUT2D eigenvalue weighted by atomic mass is 16.2. The van der Waals surface area contributed by atoms with Crippen LogP contribution >= 0.6 is 0 Å². The monoisotopic (exact) mass is 399 g/mol. The molecule has 0 bridgehead atoms. The lowest BCUT2D eigenvalue weighted by Gasteiger charge is -2.18. The Morgan fingerprint density at radius 2 is 1.97 bits per heavy atom. The summed E-state index contributed by atoms with van der Waals surface area (Å²) in [6.45, 7) is 2.69. The van der Waals surface area contributed by atoms with Gasteiger partial charge in [0.15, 0.2) is 12.0 Å². The number of carbonyl (C=O) groups is 1. The Labute approximate surface area is 174 Å². The number of rotatable bonds is 4. The summed E-state index contributed by atoms with van der Waals surface area (Å²) in [5.74, 6) is 0.348. The van der Waals surface area contributed by atoms with Crippen molar-refractivity contribution in [2.24, 2.45) is 0 Å². The second-order valence-corrected chi connectivity index (χ2v) is 7.13. The minimum Gasteiger partial charge on any atom is -0.306 e. The molecule has 2 amide bonds. The van der Waals surface area contributed by atoms with Crippen LogP contribution in [0, 0.1) is 18.4 Å². The van der Waals surface area contributed by atoms with Crippen LogP contribution in [0.15, 0.2) is 55.0 Å². The average molecular weight is 399 g/mol. The SMILES string of the molecule is Cc1ccc(NC(=O)Nc2cncc(-c3ccc(C4CCCN4C#N)cc3)n2)cn1. The number of pyridine rings is 1. The first-order valence-electron chi connectivity index (χ1n) is 9.72. The van der Waals surface area contributed by atoms with Crippen LogP contribution < -0.4 is 10.6 Å². The van der Waals surface area contributed by atoms with E-state index in [9.17, 15) is 10.1 Å². The molecule has 0 aliphatic carbocycles. The fourth-order valence-electron chi connectivity index (χ4n) is 3.49. The Bertz CT molecular complexity index is 1070. The van der Waals surface area contributed by atoms with Gasteiger partial charge in [-0.2, -0.15) is 5.26 Å². The third-order valence-corrected chi connectivity index (χ3v) is 5.02. The van der Waals surface area contributed by atoms with Crippen LogP contribution in [-0.2, 0) is 0 Å². The van der Waals surface area contributed by atoms with E-state index in [1.165, 1.54) is 6.20 Å². The van der Waals surface area contributed by atoms with E-state index in [0.717, 1.165) is 36.2 Å². The number of nitrogens with one attached hydrogen (secondary N) is 2. The molecule has 1 fully saturated rings. The van der Waals surface area contributed by atoms with E-state index < -0.39 is 6.03 Å². The molecule has 1 unspecified atom stereocenters. The predicted octanol–water partition coefficient (Wildman–Crippen LogP) is 4.11. The number of aromatic nitrogens is 3. The average Bonchev–Trinajstić information content (AvgIpc) is 3.24. The van der Waals surface area contributed by atoms with E-state index in [0.29, 0.717) is 17.2 Å². The van der Waals surface area contributed by atoms with Gasteiger partial charge in [0.05, 0.1) is 36.0 Å². The highest BCUT2D eigenvalue weighted by molar-refractivity contribution is 5.99. The van der Waals surface area contributed by atoms with Gasteiger partial charge in [-0.15, -0.1) is 0 Å². The van der Waals surface area contributed by atoms with Gasteiger partial charge in [0.2, 0.25) is 0 Å². The van der Waals surface area contributed by atoms with E-state index >= 15 is 0 Å². The Morgan fingerprint density at radius 1 is 1.13 bits per heavy atom. The number of likely N-dealkylation sites (tertiary alicyclic amines) is 1. The summed E-state index contributed by atoms with van der Waals surface area (Å²) < 4.78 is 0. The van der Waals surface area contributed by atoms with Gasteiger partial charge in [0.1, 0.15) is 0 Å². The lowest BCUT2D eigenvalue weighted by molar-refractivity contribution is 0.262. The minimum atomic E-state index is -0.416. The predicted molar refractivity (Wildman–Crippen MR) is 113 cm³/mol. The van der Waals surface area contributed by atoms with Crippen molar-refractivity contribution < 1.29 is 4.79 Å². The molecule has 30 heavy (non-hydrogen) atoms. The van der Waals surface area contributed by atoms with E-state index in [-0.39, 0.29) is 6.04 Å². The first-order chi connectivity index (χ1) is 14.6. The number of hydrogen-bond acceptors (Lipinski definition) is 6. The standard InChI is InChI=1S/C22H21N7O/c1-15-4-9-18(11-25-15)26-22(30)28-21-13-24-12-19(27-21)16-5-7-17(8-6-16)20-3-2-10-29(20)14-23/h4-9,11-13,20H,2-3,10H2,1H3,(H2,26,27,28,30). The van der Waals surface area contributed by atoms with Gasteiger partial charge >= 0.3 is 6.03 Å². The molecule has 3 aromatic rings. The fourth-order valence-corrected chi connectivity index (χ4v) is 3.49. The molecule has 2 N–H and O–H groups in total. The molecule has 0 saturated carbocycles. The summed E-state index contributed by atoms with van der Waals surface area (Å²) in [7, 11) is 0. The maximum atomic E-state index is 12.2. The zero-order valence-corrected chi connectivity index (χ0v) is 16.5. The number of nitriles is 1. The number of urea groups is 1. The lowest BCUT2D eigenvalue weighted by atomic mass is 10.0. The van der Waals surface area contributed by atoms with Crippen LogP contribution in [0.3, 0.4) is 0 Å². The van der Waals surface area contributed by atoms with Crippen LogP contribution in [0.4, 0.5) is 16.3 Å². The molecule has 1 aromatic carbocycles. The highest BCUT2D eigenvalue weighted by Gasteiger charge is 2.24. The van der Waals surface area contributed by atoms with Crippen LogP contribution in [0.1, 0.15) is 30.1 Å².